The maximum absolute atomic E-state index is 12.6. The van der Waals surface area contributed by atoms with Crippen molar-refractivity contribution in [2.24, 2.45) is 0 Å². The highest BCUT2D eigenvalue weighted by Gasteiger charge is 2.24. The molecule has 2 N–H and O–H groups in total. The quantitative estimate of drug-likeness (QED) is 0.774. The lowest BCUT2D eigenvalue weighted by atomic mass is 9.85. The number of carbonyl (C=O) groups is 1. The van der Waals surface area contributed by atoms with Crippen LogP contribution in [0.4, 0.5) is 0 Å². The lowest BCUT2D eigenvalue weighted by molar-refractivity contribution is -0.122. The van der Waals surface area contributed by atoms with E-state index in [4.69, 9.17) is 4.98 Å². The van der Waals surface area contributed by atoms with Crippen molar-refractivity contribution in [3.8, 4) is 0 Å². The first-order valence-corrected chi connectivity index (χ1v) is 10.3. The van der Waals surface area contributed by atoms with Gasteiger partial charge in [0.25, 0.3) is 5.56 Å². The Morgan fingerprint density at radius 1 is 1.18 bits per heavy atom. The van der Waals surface area contributed by atoms with E-state index in [1.54, 1.807) is 6.07 Å². The lowest BCUT2D eigenvalue weighted by Crippen LogP contribution is -2.38. The van der Waals surface area contributed by atoms with Gasteiger partial charge in [-0.3, -0.25) is 14.5 Å². The van der Waals surface area contributed by atoms with Gasteiger partial charge in [0.05, 0.1) is 18.3 Å². The number of nitrogens with one attached hydrogen (secondary N) is 2. The van der Waals surface area contributed by atoms with E-state index < -0.39 is 0 Å². The van der Waals surface area contributed by atoms with Crippen LogP contribution in [-0.2, 0) is 11.2 Å². The summed E-state index contributed by atoms with van der Waals surface area (Å²) in [4.78, 5) is 34.6. The van der Waals surface area contributed by atoms with E-state index in [0.717, 1.165) is 55.9 Å². The van der Waals surface area contributed by atoms with Crippen LogP contribution < -0.4 is 10.9 Å². The third-order valence-corrected chi connectivity index (χ3v) is 5.82. The number of hydrogen-bond acceptors (Lipinski definition) is 4. The summed E-state index contributed by atoms with van der Waals surface area (Å²) >= 11 is 0. The topological polar surface area (TPSA) is 78.1 Å². The Morgan fingerprint density at radius 2 is 1.93 bits per heavy atom. The van der Waals surface area contributed by atoms with Crippen LogP contribution in [0.25, 0.3) is 0 Å². The molecule has 0 spiro atoms. The molecule has 1 aliphatic heterocycles. The summed E-state index contributed by atoms with van der Waals surface area (Å²) in [5.74, 6) is 1.19. The molecular formula is C22H28N4O2. The minimum absolute atomic E-state index is 0.0276. The molecule has 2 aliphatic rings. The molecule has 0 bridgehead atoms. The number of amides is 1. The molecule has 6 heteroatoms. The molecular weight excluding hydrogens is 352 g/mol. The number of hydrogen-bond donors (Lipinski definition) is 2. The van der Waals surface area contributed by atoms with Crippen LogP contribution in [0.1, 0.15) is 61.1 Å². The van der Waals surface area contributed by atoms with Crippen LogP contribution in [-0.4, -0.2) is 40.4 Å². The first-order valence-electron chi connectivity index (χ1n) is 10.3. The number of rotatable bonds is 7. The summed E-state index contributed by atoms with van der Waals surface area (Å²) < 4.78 is 0. The molecule has 1 aromatic heterocycles. The van der Waals surface area contributed by atoms with Crippen LogP contribution in [0.5, 0.6) is 0 Å². The van der Waals surface area contributed by atoms with Gasteiger partial charge >= 0.3 is 0 Å². The Bertz CT molecular complexity index is 854. The second-order valence-corrected chi connectivity index (χ2v) is 7.97. The molecule has 6 nitrogen and oxygen atoms in total. The Morgan fingerprint density at radius 3 is 2.61 bits per heavy atom. The van der Waals surface area contributed by atoms with Crippen molar-refractivity contribution in [2.75, 3.05) is 19.6 Å². The van der Waals surface area contributed by atoms with Crippen LogP contribution in [0.15, 0.2) is 41.2 Å². The SMILES string of the molecule is O=C(CN1CCCC1)N[C@@H](Cc1cc(=O)[nH]c(C2CCC2)n1)c1ccccc1. The van der Waals surface area contributed by atoms with Crippen molar-refractivity contribution in [2.45, 2.75) is 50.5 Å². The molecule has 0 radical (unpaired) electrons. The van der Waals surface area contributed by atoms with Gasteiger partial charge in [-0.1, -0.05) is 36.8 Å². The smallest absolute Gasteiger partial charge is 0.251 e. The van der Waals surface area contributed by atoms with Crippen LogP contribution in [0, 0.1) is 0 Å². The lowest BCUT2D eigenvalue weighted by Gasteiger charge is -2.25. The number of aromatic nitrogens is 2. The van der Waals surface area contributed by atoms with Gasteiger partial charge < -0.3 is 10.3 Å². The number of H-pyrrole nitrogens is 1. The van der Waals surface area contributed by atoms with Crippen molar-refractivity contribution >= 4 is 5.91 Å². The first-order chi connectivity index (χ1) is 13.7. The average Bonchev–Trinajstić information content (AvgIpc) is 3.13. The second-order valence-electron chi connectivity index (χ2n) is 7.97. The number of nitrogens with zero attached hydrogens (tertiary/aromatic N) is 2. The summed E-state index contributed by atoms with van der Waals surface area (Å²) in [7, 11) is 0. The number of aromatic amines is 1. The Balaban J connectivity index is 1.51. The molecule has 0 unspecified atom stereocenters. The summed E-state index contributed by atoms with van der Waals surface area (Å²) in [6.45, 7) is 2.41. The third kappa shape index (κ3) is 4.68. The van der Waals surface area contributed by atoms with Gasteiger partial charge in [-0.15, -0.1) is 0 Å². The van der Waals surface area contributed by atoms with Crippen molar-refractivity contribution < 1.29 is 4.79 Å². The molecule has 1 atom stereocenters. The normalized spacial score (nSPS) is 18.6. The van der Waals surface area contributed by atoms with Gasteiger partial charge in [0.2, 0.25) is 5.91 Å². The van der Waals surface area contributed by atoms with Gasteiger partial charge in [0.15, 0.2) is 0 Å². The average molecular weight is 380 g/mol. The fourth-order valence-electron chi connectivity index (χ4n) is 4.04. The van der Waals surface area contributed by atoms with Gasteiger partial charge in [0, 0.05) is 18.4 Å². The van der Waals surface area contributed by atoms with E-state index in [1.807, 2.05) is 30.3 Å². The van der Waals surface area contributed by atoms with Gasteiger partial charge in [0.1, 0.15) is 5.82 Å². The van der Waals surface area contributed by atoms with E-state index in [1.165, 1.54) is 6.42 Å². The molecule has 1 saturated carbocycles. The fraction of sp³-hybridized carbons (Fsp3) is 0.500. The maximum atomic E-state index is 12.6. The highest BCUT2D eigenvalue weighted by Crippen LogP contribution is 2.34. The van der Waals surface area contributed by atoms with Crippen molar-refractivity contribution in [3.05, 3.63) is 63.8 Å². The summed E-state index contributed by atoms with van der Waals surface area (Å²) in [5, 5.41) is 3.17. The fourth-order valence-corrected chi connectivity index (χ4v) is 4.04. The summed E-state index contributed by atoms with van der Waals surface area (Å²) in [6.07, 6.45) is 6.20. The van der Waals surface area contributed by atoms with Gasteiger partial charge in [-0.25, -0.2) is 4.98 Å². The van der Waals surface area contributed by atoms with Crippen LogP contribution in [0.2, 0.25) is 0 Å². The molecule has 4 rings (SSSR count). The predicted octanol–water partition coefficient (Wildman–Crippen LogP) is 2.53. The number of benzene rings is 1. The Kier molecular flexibility index (Phi) is 5.86. The molecule has 28 heavy (non-hydrogen) atoms. The second kappa shape index (κ2) is 8.69. The predicted molar refractivity (Wildman–Crippen MR) is 108 cm³/mol. The monoisotopic (exact) mass is 380 g/mol. The highest BCUT2D eigenvalue weighted by atomic mass is 16.2. The number of carbonyl (C=O) groups excluding carboxylic acids is 1. The van der Waals surface area contributed by atoms with Gasteiger partial charge in [-0.2, -0.15) is 0 Å². The molecule has 148 valence electrons. The summed E-state index contributed by atoms with van der Waals surface area (Å²) in [6, 6.07) is 11.3. The van der Waals surface area contributed by atoms with E-state index in [0.29, 0.717) is 18.9 Å². The Labute approximate surface area is 165 Å². The van der Waals surface area contributed by atoms with Crippen LogP contribution >= 0.6 is 0 Å². The zero-order valence-corrected chi connectivity index (χ0v) is 16.2. The minimum atomic E-state index is -0.195. The van der Waals surface area contributed by atoms with Crippen molar-refractivity contribution in [3.63, 3.8) is 0 Å². The largest absolute Gasteiger partial charge is 0.348 e. The van der Waals surface area contributed by atoms with E-state index in [9.17, 15) is 9.59 Å². The zero-order valence-electron chi connectivity index (χ0n) is 16.2. The first kappa shape index (κ1) is 18.9. The van der Waals surface area contributed by atoms with E-state index in [-0.39, 0.29) is 17.5 Å². The van der Waals surface area contributed by atoms with Gasteiger partial charge in [-0.05, 0) is 44.3 Å². The van der Waals surface area contributed by atoms with E-state index >= 15 is 0 Å². The maximum Gasteiger partial charge on any atom is 0.251 e. The zero-order chi connectivity index (χ0) is 19.3. The molecule has 2 fully saturated rings. The van der Waals surface area contributed by atoms with E-state index in [2.05, 4.69) is 15.2 Å². The minimum Gasteiger partial charge on any atom is -0.348 e. The molecule has 1 aromatic carbocycles. The molecule has 2 aromatic rings. The number of likely N-dealkylation sites (tertiary alicyclic amines) is 1. The van der Waals surface area contributed by atoms with Crippen LogP contribution in [0.3, 0.4) is 0 Å². The Hall–Kier alpha value is -2.47. The standard InChI is InChI=1S/C22H28N4O2/c27-20-14-18(23-22(25-20)17-9-6-10-17)13-19(16-7-2-1-3-8-16)24-21(28)15-26-11-4-5-12-26/h1-3,7-8,14,17,19H,4-6,9-13,15H2,(H,24,28)(H,23,25,27)/t19-/m0/s1. The molecule has 1 amide bonds. The third-order valence-electron chi connectivity index (χ3n) is 5.82. The molecule has 1 saturated heterocycles. The van der Waals surface area contributed by atoms with Crippen molar-refractivity contribution in [1.82, 2.24) is 20.2 Å². The highest BCUT2D eigenvalue weighted by molar-refractivity contribution is 5.78. The molecule has 2 heterocycles. The summed E-state index contributed by atoms with van der Waals surface area (Å²) in [5.41, 5.74) is 1.66. The molecule has 1 aliphatic carbocycles. The van der Waals surface area contributed by atoms with Crippen molar-refractivity contribution in [1.29, 1.82) is 0 Å².